The van der Waals surface area contributed by atoms with E-state index in [1.807, 2.05) is 6.07 Å². The van der Waals surface area contributed by atoms with Crippen molar-refractivity contribution in [3.8, 4) is 0 Å². The van der Waals surface area contributed by atoms with Crippen molar-refractivity contribution in [1.29, 1.82) is 0 Å². The van der Waals surface area contributed by atoms with E-state index in [-0.39, 0.29) is 18.4 Å². The van der Waals surface area contributed by atoms with Crippen LogP contribution in [0.3, 0.4) is 0 Å². The summed E-state index contributed by atoms with van der Waals surface area (Å²) in [5, 5.41) is 3.28. The summed E-state index contributed by atoms with van der Waals surface area (Å²) in [7, 11) is -3.39. The van der Waals surface area contributed by atoms with Crippen molar-refractivity contribution in [2.24, 2.45) is 0 Å². The number of hydrogen-bond acceptors (Lipinski definition) is 3. The van der Waals surface area contributed by atoms with Gasteiger partial charge in [-0.3, -0.25) is 0 Å². The third-order valence-electron chi connectivity index (χ3n) is 3.52. The van der Waals surface area contributed by atoms with Gasteiger partial charge in [0.15, 0.2) is 0 Å². The SMILES string of the molecule is CC(C)c1cccc(S(=O)(=O)NCC2CCCN2)c1.Cl. The maximum atomic E-state index is 12.2. The molecule has 0 aromatic heterocycles. The van der Waals surface area contributed by atoms with Gasteiger partial charge in [0.2, 0.25) is 10.0 Å². The molecule has 114 valence electrons. The minimum atomic E-state index is -3.39. The quantitative estimate of drug-likeness (QED) is 0.875. The second kappa shape index (κ2) is 7.41. The van der Waals surface area contributed by atoms with Gasteiger partial charge in [0.05, 0.1) is 4.90 Å². The average Bonchev–Trinajstić information content (AvgIpc) is 2.90. The minimum Gasteiger partial charge on any atom is -0.313 e. The lowest BCUT2D eigenvalue weighted by molar-refractivity contribution is 0.551. The predicted octanol–water partition coefficient (Wildman–Crippen LogP) is 2.26. The molecule has 0 amide bonds. The molecule has 2 N–H and O–H groups in total. The van der Waals surface area contributed by atoms with E-state index in [2.05, 4.69) is 23.9 Å². The van der Waals surface area contributed by atoms with Gasteiger partial charge in [-0.15, -0.1) is 12.4 Å². The summed E-state index contributed by atoms with van der Waals surface area (Å²) in [6.07, 6.45) is 2.16. The van der Waals surface area contributed by atoms with Gasteiger partial charge in [0.1, 0.15) is 0 Å². The molecule has 6 heteroatoms. The molecule has 0 saturated carbocycles. The van der Waals surface area contributed by atoms with Crippen LogP contribution in [0.5, 0.6) is 0 Å². The molecular formula is C14H23ClN2O2S. The predicted molar refractivity (Wildman–Crippen MR) is 84.0 cm³/mol. The molecule has 0 spiro atoms. The molecule has 1 heterocycles. The van der Waals surface area contributed by atoms with Crippen molar-refractivity contribution in [1.82, 2.24) is 10.0 Å². The molecule has 1 fully saturated rings. The lowest BCUT2D eigenvalue weighted by atomic mass is 10.0. The van der Waals surface area contributed by atoms with Crippen molar-refractivity contribution >= 4 is 22.4 Å². The third kappa shape index (κ3) is 4.45. The zero-order chi connectivity index (χ0) is 13.9. The van der Waals surface area contributed by atoms with Crippen LogP contribution in [0, 0.1) is 0 Å². The van der Waals surface area contributed by atoms with Crippen molar-refractivity contribution in [3.63, 3.8) is 0 Å². The maximum absolute atomic E-state index is 12.2. The Kier molecular flexibility index (Phi) is 6.45. The Morgan fingerprint density at radius 2 is 2.15 bits per heavy atom. The first kappa shape index (κ1) is 17.4. The second-order valence-corrected chi connectivity index (χ2v) is 7.14. The zero-order valence-corrected chi connectivity index (χ0v) is 13.6. The lowest BCUT2D eigenvalue weighted by Crippen LogP contribution is -2.37. The van der Waals surface area contributed by atoms with Crippen molar-refractivity contribution < 1.29 is 8.42 Å². The summed E-state index contributed by atoms with van der Waals surface area (Å²) in [5.74, 6) is 0.326. The Hall–Kier alpha value is -0.620. The van der Waals surface area contributed by atoms with Gasteiger partial charge < -0.3 is 5.32 Å². The number of rotatable bonds is 5. The number of sulfonamides is 1. The van der Waals surface area contributed by atoms with Gasteiger partial charge in [0, 0.05) is 12.6 Å². The molecular weight excluding hydrogens is 296 g/mol. The van der Waals surface area contributed by atoms with E-state index in [9.17, 15) is 8.42 Å². The van der Waals surface area contributed by atoms with Crippen LogP contribution in [-0.4, -0.2) is 27.5 Å². The van der Waals surface area contributed by atoms with E-state index in [0.29, 0.717) is 17.4 Å². The molecule has 1 aliphatic heterocycles. The summed E-state index contributed by atoms with van der Waals surface area (Å²) in [4.78, 5) is 0.358. The maximum Gasteiger partial charge on any atom is 0.240 e. The highest BCUT2D eigenvalue weighted by atomic mass is 35.5. The van der Waals surface area contributed by atoms with Gasteiger partial charge in [0.25, 0.3) is 0 Å². The first-order chi connectivity index (χ1) is 8.99. The molecule has 1 atom stereocenters. The van der Waals surface area contributed by atoms with E-state index in [1.54, 1.807) is 18.2 Å². The van der Waals surface area contributed by atoms with Gasteiger partial charge in [-0.25, -0.2) is 13.1 Å². The molecule has 1 aliphatic rings. The monoisotopic (exact) mass is 318 g/mol. The van der Waals surface area contributed by atoms with Crippen LogP contribution >= 0.6 is 12.4 Å². The van der Waals surface area contributed by atoms with Gasteiger partial charge in [-0.1, -0.05) is 26.0 Å². The summed E-state index contributed by atoms with van der Waals surface area (Å²) in [6, 6.07) is 7.44. The number of hydrogen-bond donors (Lipinski definition) is 2. The fourth-order valence-electron chi connectivity index (χ4n) is 2.27. The van der Waals surface area contributed by atoms with Gasteiger partial charge in [-0.2, -0.15) is 0 Å². The van der Waals surface area contributed by atoms with E-state index in [4.69, 9.17) is 0 Å². The first-order valence-corrected chi connectivity index (χ1v) is 8.30. The molecule has 20 heavy (non-hydrogen) atoms. The standard InChI is InChI=1S/C14H22N2O2S.ClH/c1-11(2)12-5-3-7-14(9-12)19(17,18)16-10-13-6-4-8-15-13;/h3,5,7,9,11,13,15-16H,4,6,8,10H2,1-2H3;1H. The van der Waals surface area contributed by atoms with E-state index >= 15 is 0 Å². The number of halogens is 1. The minimum absolute atomic E-state index is 0. The van der Waals surface area contributed by atoms with Crippen LogP contribution < -0.4 is 10.0 Å². The molecule has 1 aromatic rings. The molecule has 1 aromatic carbocycles. The van der Waals surface area contributed by atoms with E-state index in [0.717, 1.165) is 24.9 Å². The molecule has 4 nitrogen and oxygen atoms in total. The Morgan fingerprint density at radius 1 is 1.40 bits per heavy atom. The normalized spacial score (nSPS) is 19.1. The second-order valence-electron chi connectivity index (χ2n) is 5.37. The molecule has 0 aliphatic carbocycles. The van der Waals surface area contributed by atoms with Crippen molar-refractivity contribution in [3.05, 3.63) is 29.8 Å². The molecule has 0 bridgehead atoms. The third-order valence-corrected chi connectivity index (χ3v) is 4.94. The zero-order valence-electron chi connectivity index (χ0n) is 11.9. The van der Waals surface area contributed by atoms with Crippen LogP contribution in [0.1, 0.15) is 38.2 Å². The van der Waals surface area contributed by atoms with E-state index in [1.165, 1.54) is 0 Å². The van der Waals surface area contributed by atoms with Crippen LogP contribution in [0.2, 0.25) is 0 Å². The highest BCUT2D eigenvalue weighted by Gasteiger charge is 2.19. The molecule has 0 radical (unpaired) electrons. The summed E-state index contributed by atoms with van der Waals surface area (Å²) in [5.41, 5.74) is 1.04. The number of nitrogens with one attached hydrogen (secondary N) is 2. The Labute approximate surface area is 127 Å². The van der Waals surface area contributed by atoms with Crippen LogP contribution in [-0.2, 0) is 10.0 Å². The molecule has 1 unspecified atom stereocenters. The average molecular weight is 319 g/mol. The van der Waals surface area contributed by atoms with Gasteiger partial charge in [-0.05, 0) is 43.0 Å². The van der Waals surface area contributed by atoms with Crippen molar-refractivity contribution in [2.75, 3.05) is 13.1 Å². The Balaban J connectivity index is 0.00000200. The van der Waals surface area contributed by atoms with E-state index < -0.39 is 10.0 Å². The lowest BCUT2D eigenvalue weighted by Gasteiger charge is -2.13. The van der Waals surface area contributed by atoms with Crippen LogP contribution in [0.4, 0.5) is 0 Å². The fourth-order valence-corrected chi connectivity index (χ4v) is 3.40. The number of benzene rings is 1. The summed E-state index contributed by atoms with van der Waals surface area (Å²) < 4.78 is 27.1. The van der Waals surface area contributed by atoms with Crippen molar-refractivity contribution in [2.45, 2.75) is 43.5 Å². The fraction of sp³-hybridized carbons (Fsp3) is 0.571. The van der Waals surface area contributed by atoms with Crippen LogP contribution in [0.15, 0.2) is 29.2 Å². The molecule has 2 rings (SSSR count). The first-order valence-electron chi connectivity index (χ1n) is 6.82. The highest BCUT2D eigenvalue weighted by Crippen LogP contribution is 2.18. The highest BCUT2D eigenvalue weighted by molar-refractivity contribution is 7.89. The smallest absolute Gasteiger partial charge is 0.240 e. The molecule has 1 saturated heterocycles. The Morgan fingerprint density at radius 3 is 2.75 bits per heavy atom. The summed E-state index contributed by atoms with van der Waals surface area (Å²) in [6.45, 7) is 5.56. The summed E-state index contributed by atoms with van der Waals surface area (Å²) >= 11 is 0. The topological polar surface area (TPSA) is 58.2 Å². The van der Waals surface area contributed by atoms with Gasteiger partial charge >= 0.3 is 0 Å². The Bertz CT molecular complexity index is 526. The largest absolute Gasteiger partial charge is 0.313 e. The van der Waals surface area contributed by atoms with Crippen LogP contribution in [0.25, 0.3) is 0 Å².